The predicted octanol–water partition coefficient (Wildman–Crippen LogP) is 5.19. The molecule has 6 nitrogen and oxygen atoms in total. The molecule has 2 heterocycles. The van der Waals surface area contributed by atoms with Crippen LogP contribution in [-0.4, -0.2) is 28.9 Å². The predicted molar refractivity (Wildman–Crippen MR) is 121 cm³/mol. The number of carbonyl (C=O) groups is 2. The Morgan fingerprint density at radius 1 is 1.22 bits per heavy atom. The van der Waals surface area contributed by atoms with Crippen molar-refractivity contribution in [1.29, 1.82) is 0 Å². The standard InChI is InChI=1S/C23H18ClFN2O4S/c1-11-12(2)32-23(26-11)27-19(14-6-4-5-7-16(14)25)18(21(29)22(27)30)20(28)13-8-9-17(31-3)15(24)10-13/h4-10,19,28H,1-3H3/b20-18+/t19-/m1/s1. The minimum atomic E-state index is -1.19. The molecule has 0 aliphatic carbocycles. The van der Waals surface area contributed by atoms with Crippen LogP contribution in [-0.2, 0) is 9.59 Å². The van der Waals surface area contributed by atoms with Crippen molar-refractivity contribution in [3.05, 3.63) is 80.6 Å². The SMILES string of the molecule is COc1ccc(/C(O)=C2\C(=O)C(=O)N(c3nc(C)c(C)s3)[C@@H]2c2ccccc2F)cc1Cl. The molecule has 1 aliphatic heterocycles. The van der Waals surface area contributed by atoms with Crippen LogP contribution in [0.4, 0.5) is 9.52 Å². The summed E-state index contributed by atoms with van der Waals surface area (Å²) in [6.45, 7) is 3.62. The lowest BCUT2D eigenvalue weighted by Crippen LogP contribution is -2.29. The summed E-state index contributed by atoms with van der Waals surface area (Å²) in [6.07, 6.45) is 0. The van der Waals surface area contributed by atoms with Crippen molar-refractivity contribution in [2.45, 2.75) is 19.9 Å². The second-order valence-corrected chi connectivity index (χ2v) is 8.77. The normalized spacial score (nSPS) is 17.8. The van der Waals surface area contributed by atoms with Gasteiger partial charge in [0.25, 0.3) is 5.78 Å². The van der Waals surface area contributed by atoms with Crippen LogP contribution in [0.15, 0.2) is 48.0 Å². The van der Waals surface area contributed by atoms with E-state index >= 15 is 0 Å². The average Bonchev–Trinajstić information content (AvgIpc) is 3.23. The van der Waals surface area contributed by atoms with Gasteiger partial charge in [0.2, 0.25) is 0 Å². The first-order chi connectivity index (χ1) is 15.2. The number of anilines is 1. The van der Waals surface area contributed by atoms with Gasteiger partial charge in [-0.25, -0.2) is 9.37 Å². The molecule has 0 radical (unpaired) electrons. The molecule has 1 saturated heterocycles. The molecule has 1 N–H and O–H groups in total. The van der Waals surface area contributed by atoms with E-state index in [0.29, 0.717) is 11.4 Å². The molecule has 4 rings (SSSR count). The lowest BCUT2D eigenvalue weighted by atomic mass is 9.95. The van der Waals surface area contributed by atoms with Gasteiger partial charge >= 0.3 is 5.91 Å². The molecular weight excluding hydrogens is 455 g/mol. The number of carbonyl (C=O) groups excluding carboxylic acids is 2. The van der Waals surface area contributed by atoms with Crippen molar-refractivity contribution in [2.75, 3.05) is 12.0 Å². The minimum Gasteiger partial charge on any atom is -0.507 e. The third-order valence-corrected chi connectivity index (χ3v) is 6.66. The van der Waals surface area contributed by atoms with Crippen LogP contribution in [0.2, 0.25) is 5.02 Å². The molecule has 0 bridgehead atoms. The Labute approximate surface area is 192 Å². The fourth-order valence-electron chi connectivity index (χ4n) is 3.55. The highest BCUT2D eigenvalue weighted by molar-refractivity contribution is 7.16. The first-order valence-corrected chi connectivity index (χ1v) is 10.8. The maximum Gasteiger partial charge on any atom is 0.301 e. The van der Waals surface area contributed by atoms with Crippen LogP contribution in [0, 0.1) is 19.7 Å². The minimum absolute atomic E-state index is 0.0679. The molecule has 1 atom stereocenters. The van der Waals surface area contributed by atoms with Crippen molar-refractivity contribution in [2.24, 2.45) is 0 Å². The van der Waals surface area contributed by atoms with E-state index in [9.17, 15) is 19.1 Å². The van der Waals surface area contributed by atoms with E-state index in [1.165, 1.54) is 54.8 Å². The number of thiazole rings is 1. The van der Waals surface area contributed by atoms with Crippen LogP contribution < -0.4 is 9.64 Å². The Balaban J connectivity index is 1.97. The quantitative estimate of drug-likeness (QED) is 0.321. The molecular formula is C23H18ClFN2O4S. The Kier molecular flexibility index (Phi) is 5.75. The van der Waals surface area contributed by atoms with Crippen LogP contribution in [0.1, 0.15) is 27.7 Å². The maximum atomic E-state index is 14.9. The number of ketones is 1. The number of methoxy groups -OCH3 is 1. The van der Waals surface area contributed by atoms with Crippen molar-refractivity contribution in [3.8, 4) is 5.75 Å². The molecule has 32 heavy (non-hydrogen) atoms. The monoisotopic (exact) mass is 472 g/mol. The van der Waals surface area contributed by atoms with Crippen LogP contribution in [0.25, 0.3) is 5.76 Å². The summed E-state index contributed by atoms with van der Waals surface area (Å²) >= 11 is 7.40. The highest BCUT2D eigenvalue weighted by atomic mass is 35.5. The summed E-state index contributed by atoms with van der Waals surface area (Å²) in [5.74, 6) is -2.54. The number of nitrogens with zero attached hydrogens (tertiary/aromatic N) is 2. The second-order valence-electron chi connectivity index (χ2n) is 7.18. The van der Waals surface area contributed by atoms with Gasteiger partial charge < -0.3 is 9.84 Å². The number of aliphatic hydroxyl groups excluding tert-OH is 1. The maximum absolute atomic E-state index is 14.9. The highest BCUT2D eigenvalue weighted by Gasteiger charge is 2.49. The lowest BCUT2D eigenvalue weighted by Gasteiger charge is -2.23. The zero-order chi connectivity index (χ0) is 23.2. The van der Waals surface area contributed by atoms with E-state index in [0.717, 1.165) is 9.78 Å². The van der Waals surface area contributed by atoms with Crippen LogP contribution >= 0.6 is 22.9 Å². The molecule has 1 aliphatic rings. The fourth-order valence-corrected chi connectivity index (χ4v) is 4.74. The van der Waals surface area contributed by atoms with Gasteiger partial charge in [0.1, 0.15) is 23.4 Å². The van der Waals surface area contributed by atoms with Crippen molar-refractivity contribution < 1.29 is 23.8 Å². The lowest BCUT2D eigenvalue weighted by molar-refractivity contribution is -0.132. The Hall–Kier alpha value is -3.23. The van der Waals surface area contributed by atoms with Gasteiger partial charge in [-0.05, 0) is 38.1 Å². The van der Waals surface area contributed by atoms with E-state index in [2.05, 4.69) is 4.98 Å². The van der Waals surface area contributed by atoms with E-state index in [-0.39, 0.29) is 26.9 Å². The van der Waals surface area contributed by atoms with Gasteiger partial charge in [-0.3, -0.25) is 14.5 Å². The number of aromatic nitrogens is 1. The van der Waals surface area contributed by atoms with Crippen molar-refractivity contribution in [3.63, 3.8) is 0 Å². The van der Waals surface area contributed by atoms with Gasteiger partial charge in [-0.2, -0.15) is 0 Å². The number of hydrogen-bond acceptors (Lipinski definition) is 6. The number of benzene rings is 2. The molecule has 1 fully saturated rings. The zero-order valence-corrected chi connectivity index (χ0v) is 18.9. The zero-order valence-electron chi connectivity index (χ0n) is 17.3. The molecule has 0 unspecified atom stereocenters. The van der Waals surface area contributed by atoms with E-state index in [1.807, 2.05) is 6.92 Å². The van der Waals surface area contributed by atoms with E-state index in [1.54, 1.807) is 13.0 Å². The molecule has 2 aromatic carbocycles. The Morgan fingerprint density at radius 2 is 1.94 bits per heavy atom. The summed E-state index contributed by atoms with van der Waals surface area (Å²) in [6, 6.07) is 9.06. The van der Waals surface area contributed by atoms with Crippen molar-refractivity contribution >= 4 is 45.5 Å². The number of ether oxygens (including phenoxy) is 1. The number of halogens is 2. The molecule has 3 aromatic rings. The Bertz CT molecular complexity index is 1270. The number of aliphatic hydroxyl groups is 1. The number of hydrogen-bond donors (Lipinski definition) is 1. The molecule has 1 amide bonds. The number of rotatable bonds is 4. The number of Topliss-reactive ketones (excluding diaryl/α,β-unsaturated/α-hetero) is 1. The molecule has 0 spiro atoms. The van der Waals surface area contributed by atoms with Gasteiger partial charge in [0.15, 0.2) is 5.13 Å². The smallest absolute Gasteiger partial charge is 0.301 e. The topological polar surface area (TPSA) is 79.7 Å². The molecule has 0 saturated carbocycles. The number of amides is 1. The van der Waals surface area contributed by atoms with E-state index in [4.69, 9.17) is 16.3 Å². The first-order valence-electron chi connectivity index (χ1n) is 9.58. The van der Waals surface area contributed by atoms with Gasteiger partial charge in [0.05, 0.1) is 23.4 Å². The summed E-state index contributed by atoms with van der Waals surface area (Å²) in [5.41, 5.74) is 0.716. The van der Waals surface area contributed by atoms with Crippen LogP contribution in [0.3, 0.4) is 0 Å². The molecule has 1 aromatic heterocycles. The van der Waals surface area contributed by atoms with Crippen molar-refractivity contribution in [1.82, 2.24) is 4.98 Å². The highest BCUT2D eigenvalue weighted by Crippen LogP contribution is 2.44. The Morgan fingerprint density at radius 3 is 2.53 bits per heavy atom. The second kappa shape index (κ2) is 8.37. The summed E-state index contributed by atoms with van der Waals surface area (Å²) in [5, 5.41) is 11.5. The molecule has 164 valence electrons. The van der Waals surface area contributed by atoms with Gasteiger partial charge in [0, 0.05) is 16.0 Å². The first kappa shape index (κ1) is 22.0. The van der Waals surface area contributed by atoms with Crippen LogP contribution in [0.5, 0.6) is 5.75 Å². The summed E-state index contributed by atoms with van der Waals surface area (Å²) < 4.78 is 20.0. The summed E-state index contributed by atoms with van der Waals surface area (Å²) in [7, 11) is 1.45. The largest absolute Gasteiger partial charge is 0.507 e. The third kappa shape index (κ3) is 3.55. The summed E-state index contributed by atoms with van der Waals surface area (Å²) in [4.78, 5) is 32.5. The van der Waals surface area contributed by atoms with Gasteiger partial charge in [-0.1, -0.05) is 29.8 Å². The molecule has 9 heteroatoms. The number of aryl methyl sites for hydroxylation is 2. The fraction of sp³-hybridized carbons (Fsp3) is 0.174. The van der Waals surface area contributed by atoms with Gasteiger partial charge in [-0.15, -0.1) is 11.3 Å². The third-order valence-electron chi connectivity index (χ3n) is 5.29. The van der Waals surface area contributed by atoms with E-state index < -0.39 is 29.3 Å². The average molecular weight is 473 g/mol.